The molecule has 2 amide bonds. The smallest absolute Gasteiger partial charge is 0.273 e. The molecule has 0 aliphatic heterocycles. The Morgan fingerprint density at radius 2 is 1.95 bits per heavy atom. The number of allylic oxidation sites excluding steroid dienone is 1. The average molecular weight is 556 g/mol. The predicted molar refractivity (Wildman–Crippen MR) is 146 cm³/mol. The molecular formula is C28H31ClFN5O4. The van der Waals surface area contributed by atoms with Crippen molar-refractivity contribution < 1.29 is 23.1 Å². The highest BCUT2D eigenvalue weighted by atomic mass is 35.5. The number of nitrogens with one attached hydrogen (secondary N) is 3. The first-order chi connectivity index (χ1) is 18.8. The fraction of sp³-hybridized carbons (Fsp3) is 0.357. The van der Waals surface area contributed by atoms with Gasteiger partial charge in [-0.15, -0.1) is 10.2 Å². The number of anilines is 1. The summed E-state index contributed by atoms with van der Waals surface area (Å²) in [4.78, 5) is 26.3. The topological polar surface area (TPSA) is 118 Å². The molecule has 1 aliphatic carbocycles. The molecule has 0 spiro atoms. The number of amides is 2. The molecule has 39 heavy (non-hydrogen) atoms. The van der Waals surface area contributed by atoms with E-state index in [1.54, 1.807) is 33.0 Å². The Hall–Kier alpha value is -3.92. The van der Waals surface area contributed by atoms with Gasteiger partial charge in [-0.05, 0) is 51.3 Å². The summed E-state index contributed by atoms with van der Waals surface area (Å²) < 4.78 is 25.5. The van der Waals surface area contributed by atoms with Crippen molar-refractivity contribution in [3.05, 3.63) is 70.6 Å². The molecule has 1 unspecified atom stereocenters. The Labute approximate surface area is 231 Å². The van der Waals surface area contributed by atoms with Crippen LogP contribution in [0.1, 0.15) is 51.3 Å². The summed E-state index contributed by atoms with van der Waals surface area (Å²) >= 11 is 5.99. The number of aromatic nitrogens is 2. The third-order valence-electron chi connectivity index (χ3n) is 6.64. The molecule has 2 aromatic carbocycles. The molecule has 0 radical (unpaired) electrons. The second-order valence-corrected chi connectivity index (χ2v) is 9.67. The van der Waals surface area contributed by atoms with Crippen molar-refractivity contribution >= 4 is 29.1 Å². The van der Waals surface area contributed by atoms with Crippen LogP contribution in [-0.2, 0) is 9.59 Å². The lowest BCUT2D eigenvalue weighted by molar-refractivity contribution is -0.126. The maximum absolute atomic E-state index is 14.0. The van der Waals surface area contributed by atoms with E-state index in [9.17, 15) is 14.0 Å². The quantitative estimate of drug-likeness (QED) is 0.302. The van der Waals surface area contributed by atoms with Crippen LogP contribution in [-0.4, -0.2) is 35.7 Å². The van der Waals surface area contributed by atoms with Crippen molar-refractivity contribution in [2.24, 2.45) is 5.92 Å². The van der Waals surface area contributed by atoms with Gasteiger partial charge in [0.05, 0.1) is 17.2 Å². The lowest BCUT2D eigenvalue weighted by Gasteiger charge is -2.26. The Bertz CT molecular complexity index is 1360. The summed E-state index contributed by atoms with van der Waals surface area (Å²) in [6, 6.07) is 11.6. The van der Waals surface area contributed by atoms with E-state index in [-0.39, 0.29) is 40.1 Å². The number of halogens is 2. The molecular weight excluding hydrogens is 525 g/mol. The van der Waals surface area contributed by atoms with E-state index in [1.807, 2.05) is 18.2 Å². The van der Waals surface area contributed by atoms with Gasteiger partial charge in [0.15, 0.2) is 0 Å². The molecule has 3 aromatic rings. The van der Waals surface area contributed by atoms with Crippen molar-refractivity contribution in [2.75, 3.05) is 19.0 Å². The van der Waals surface area contributed by atoms with Gasteiger partial charge in [-0.2, -0.15) is 0 Å². The highest BCUT2D eigenvalue weighted by Crippen LogP contribution is 2.39. The Kier molecular flexibility index (Phi) is 9.19. The Morgan fingerprint density at radius 3 is 2.67 bits per heavy atom. The van der Waals surface area contributed by atoms with Crippen LogP contribution in [0.25, 0.3) is 11.5 Å². The summed E-state index contributed by atoms with van der Waals surface area (Å²) in [5.74, 6) is -0.994. The highest BCUT2D eigenvalue weighted by molar-refractivity contribution is 6.31. The molecule has 1 aliphatic rings. The van der Waals surface area contributed by atoms with Gasteiger partial charge in [0.1, 0.15) is 17.3 Å². The van der Waals surface area contributed by atoms with Crippen LogP contribution in [0.3, 0.4) is 0 Å². The number of carbonyl (C=O) groups is 2. The number of carbonyl (C=O) groups excluding carboxylic acids is 2. The Balaban J connectivity index is 1.47. The molecule has 0 bridgehead atoms. The lowest BCUT2D eigenvalue weighted by Crippen LogP contribution is -2.38. The number of ether oxygens (including phenoxy) is 1. The van der Waals surface area contributed by atoms with Gasteiger partial charge in [0.25, 0.3) is 11.8 Å². The number of para-hydroxylation sites is 1. The third-order valence-corrected chi connectivity index (χ3v) is 6.93. The van der Waals surface area contributed by atoms with E-state index in [4.69, 9.17) is 20.8 Å². The van der Waals surface area contributed by atoms with Crippen LogP contribution >= 0.6 is 11.6 Å². The molecule has 206 valence electrons. The van der Waals surface area contributed by atoms with E-state index >= 15 is 0 Å². The number of rotatable bonds is 9. The number of benzene rings is 2. The van der Waals surface area contributed by atoms with Gasteiger partial charge in [0.2, 0.25) is 11.8 Å². The minimum Gasteiger partial charge on any atom is -0.493 e. The van der Waals surface area contributed by atoms with Crippen molar-refractivity contribution in [2.45, 2.75) is 45.4 Å². The maximum atomic E-state index is 14.0. The van der Waals surface area contributed by atoms with Gasteiger partial charge in [-0.25, -0.2) is 4.39 Å². The standard InChI is InChI=1S/C28H31ClFN5O4/c1-4-38-23-15-22(30)21(29)14-20(23)28-35-34-27(39-28)18-10-8-9-17(13-18)25(36)33-24(16(2)31-3)26(37)32-19-11-6-5-7-12-19/h5-7,11-12,14-15,17-18,31H,4,8-10,13H2,1-3H3,(H,32,37)(H,33,36)/b24-16+/t17?,18-/m0/s1. The normalized spacial score (nSPS) is 17.7. The van der Waals surface area contributed by atoms with Crippen LogP contribution < -0.4 is 20.7 Å². The minimum absolute atomic E-state index is 0.0837. The zero-order chi connectivity index (χ0) is 27.9. The van der Waals surface area contributed by atoms with Gasteiger partial charge < -0.3 is 25.1 Å². The van der Waals surface area contributed by atoms with E-state index in [1.165, 1.54) is 12.1 Å². The summed E-state index contributed by atoms with van der Waals surface area (Å²) in [6.07, 6.45) is 2.67. The van der Waals surface area contributed by atoms with Crippen LogP contribution in [0.2, 0.25) is 5.02 Å². The van der Waals surface area contributed by atoms with Gasteiger partial charge in [-0.3, -0.25) is 9.59 Å². The van der Waals surface area contributed by atoms with Gasteiger partial charge in [0, 0.05) is 36.3 Å². The zero-order valence-electron chi connectivity index (χ0n) is 22.0. The van der Waals surface area contributed by atoms with Gasteiger partial charge in [-0.1, -0.05) is 36.2 Å². The number of hydrogen-bond acceptors (Lipinski definition) is 7. The maximum Gasteiger partial charge on any atom is 0.273 e. The molecule has 11 heteroatoms. The molecule has 1 fully saturated rings. The highest BCUT2D eigenvalue weighted by Gasteiger charge is 2.33. The number of nitrogens with zero attached hydrogens (tertiary/aromatic N) is 2. The van der Waals surface area contributed by atoms with Crippen molar-refractivity contribution in [3.8, 4) is 17.2 Å². The molecule has 0 saturated heterocycles. The predicted octanol–water partition coefficient (Wildman–Crippen LogP) is 5.41. The first-order valence-corrected chi connectivity index (χ1v) is 13.2. The largest absolute Gasteiger partial charge is 0.493 e. The molecule has 2 atom stereocenters. The van der Waals surface area contributed by atoms with Crippen LogP contribution in [0, 0.1) is 11.7 Å². The first kappa shape index (κ1) is 28.1. The molecule has 3 N–H and O–H groups in total. The second-order valence-electron chi connectivity index (χ2n) is 9.26. The SMILES string of the molecule is CCOc1cc(F)c(Cl)cc1-c1nnc([C@H]2CCCC(C(=O)N/C(C(=O)Nc3ccccc3)=C(\C)NC)C2)o1. The summed E-state index contributed by atoms with van der Waals surface area (Å²) in [6.45, 7) is 3.83. The van der Waals surface area contributed by atoms with Crippen LogP contribution in [0.5, 0.6) is 5.75 Å². The monoisotopic (exact) mass is 555 g/mol. The summed E-state index contributed by atoms with van der Waals surface area (Å²) in [7, 11) is 1.69. The van der Waals surface area contributed by atoms with Gasteiger partial charge >= 0.3 is 0 Å². The molecule has 9 nitrogen and oxygen atoms in total. The van der Waals surface area contributed by atoms with Crippen LogP contribution in [0.15, 0.2) is 58.3 Å². The summed E-state index contributed by atoms with van der Waals surface area (Å²) in [5, 5.41) is 16.9. The van der Waals surface area contributed by atoms with Crippen LogP contribution in [0.4, 0.5) is 10.1 Å². The Morgan fingerprint density at radius 1 is 1.18 bits per heavy atom. The van der Waals surface area contributed by atoms with E-state index < -0.39 is 11.7 Å². The van der Waals surface area contributed by atoms with E-state index in [2.05, 4.69) is 26.1 Å². The van der Waals surface area contributed by atoms with Crippen molar-refractivity contribution in [1.82, 2.24) is 20.8 Å². The van der Waals surface area contributed by atoms with Crippen molar-refractivity contribution in [3.63, 3.8) is 0 Å². The fourth-order valence-corrected chi connectivity index (χ4v) is 4.68. The first-order valence-electron chi connectivity index (χ1n) is 12.8. The molecule has 4 rings (SSSR count). The second kappa shape index (κ2) is 12.8. The van der Waals surface area contributed by atoms with Crippen molar-refractivity contribution in [1.29, 1.82) is 0 Å². The van der Waals surface area contributed by atoms with E-state index in [0.717, 1.165) is 12.8 Å². The lowest BCUT2D eigenvalue weighted by atomic mass is 9.81. The average Bonchev–Trinajstić information content (AvgIpc) is 3.44. The minimum atomic E-state index is -0.607. The van der Waals surface area contributed by atoms with E-state index in [0.29, 0.717) is 42.3 Å². The third kappa shape index (κ3) is 6.75. The number of hydrogen-bond donors (Lipinski definition) is 3. The summed E-state index contributed by atoms with van der Waals surface area (Å²) in [5.41, 5.74) is 1.71. The molecule has 1 aromatic heterocycles. The zero-order valence-corrected chi connectivity index (χ0v) is 22.8. The molecule has 1 heterocycles. The molecule has 1 saturated carbocycles. The fourth-order valence-electron chi connectivity index (χ4n) is 4.52.